The molecule has 25 heavy (non-hydrogen) atoms. The van der Waals surface area contributed by atoms with Crippen LogP contribution in [-0.2, 0) is 9.47 Å². The van der Waals surface area contributed by atoms with Gasteiger partial charge in [0.25, 0.3) is 0 Å². The summed E-state index contributed by atoms with van der Waals surface area (Å²) in [4.78, 5) is 4.49. The zero-order chi connectivity index (χ0) is 16.4. The fraction of sp³-hybridized carbons (Fsp3) is 0.947. The Morgan fingerprint density at radius 1 is 1.12 bits per heavy atom. The van der Waals surface area contributed by atoms with E-state index >= 15 is 0 Å². The second-order valence-electron chi connectivity index (χ2n) is 8.15. The molecule has 2 aliphatic heterocycles. The summed E-state index contributed by atoms with van der Waals surface area (Å²) in [5, 5.41) is 7.34. The molecule has 0 aromatic heterocycles. The molecule has 0 aromatic rings. The van der Waals surface area contributed by atoms with Crippen LogP contribution in [0.2, 0.25) is 0 Å². The zero-order valence-corrected chi connectivity index (χ0v) is 17.8. The first-order chi connectivity index (χ1) is 11.8. The summed E-state index contributed by atoms with van der Waals surface area (Å²) in [5.74, 6) is 2.49. The Labute approximate surface area is 169 Å². The lowest BCUT2D eigenvalue weighted by atomic mass is 9.54. The number of nitrogens with zero attached hydrogens (tertiary/aromatic N) is 1. The van der Waals surface area contributed by atoms with Crippen LogP contribution in [0.15, 0.2) is 4.99 Å². The Morgan fingerprint density at radius 3 is 2.60 bits per heavy atom. The number of ether oxygens (including phenoxy) is 2. The minimum atomic E-state index is 0. The van der Waals surface area contributed by atoms with Gasteiger partial charge in [-0.2, -0.15) is 0 Å². The van der Waals surface area contributed by atoms with Gasteiger partial charge in [0.1, 0.15) is 0 Å². The molecule has 5 nitrogen and oxygen atoms in total. The standard InChI is InChI=1S/C19H33N3O2.HI/c1-20-18(21-10-4-14-5-11-23-12-6-14)22-16-15-7-13-24-17(15)19(16)8-2-3-9-19;/h14-17H,2-13H2,1H3,(H2,20,21,22);1H. The molecule has 144 valence electrons. The SMILES string of the molecule is CN=C(NCCC1CCOCC1)NC1C2CCOC2C12CCCC2.I. The van der Waals surface area contributed by atoms with E-state index in [-0.39, 0.29) is 24.0 Å². The molecule has 0 radical (unpaired) electrons. The molecule has 2 heterocycles. The number of guanidine groups is 1. The molecule has 4 fully saturated rings. The van der Waals surface area contributed by atoms with Gasteiger partial charge in [0.15, 0.2) is 5.96 Å². The summed E-state index contributed by atoms with van der Waals surface area (Å²) in [5.41, 5.74) is 0.388. The maximum atomic E-state index is 6.08. The van der Waals surface area contributed by atoms with E-state index in [0.29, 0.717) is 23.5 Å². The van der Waals surface area contributed by atoms with E-state index in [0.717, 1.165) is 38.2 Å². The number of hydrogen-bond donors (Lipinski definition) is 2. The van der Waals surface area contributed by atoms with E-state index < -0.39 is 0 Å². The first-order valence-electron chi connectivity index (χ1n) is 10.00. The van der Waals surface area contributed by atoms with Crippen LogP contribution in [0.5, 0.6) is 0 Å². The van der Waals surface area contributed by atoms with Crippen molar-refractivity contribution in [3.63, 3.8) is 0 Å². The van der Waals surface area contributed by atoms with Crippen molar-refractivity contribution in [3.8, 4) is 0 Å². The lowest BCUT2D eigenvalue weighted by Crippen LogP contribution is -2.69. The highest BCUT2D eigenvalue weighted by molar-refractivity contribution is 14.0. The van der Waals surface area contributed by atoms with Gasteiger partial charge in [-0.25, -0.2) is 0 Å². The Morgan fingerprint density at radius 2 is 1.88 bits per heavy atom. The van der Waals surface area contributed by atoms with Gasteiger partial charge in [0, 0.05) is 50.8 Å². The summed E-state index contributed by atoms with van der Waals surface area (Å²) >= 11 is 0. The van der Waals surface area contributed by atoms with Gasteiger partial charge in [-0.15, -0.1) is 24.0 Å². The molecule has 1 spiro atoms. The fourth-order valence-electron chi connectivity index (χ4n) is 5.68. The number of aliphatic imine (C=N–C) groups is 1. The molecule has 2 saturated carbocycles. The number of rotatable bonds is 4. The molecule has 3 atom stereocenters. The highest BCUT2D eigenvalue weighted by atomic mass is 127. The first kappa shape index (κ1) is 19.7. The van der Waals surface area contributed by atoms with Crippen molar-refractivity contribution >= 4 is 29.9 Å². The number of halogens is 1. The Bertz CT molecular complexity index is 462. The Hall–Kier alpha value is -0.0800. The minimum absolute atomic E-state index is 0. The van der Waals surface area contributed by atoms with Gasteiger partial charge in [-0.3, -0.25) is 4.99 Å². The van der Waals surface area contributed by atoms with Crippen molar-refractivity contribution < 1.29 is 9.47 Å². The fourth-order valence-corrected chi connectivity index (χ4v) is 5.68. The maximum Gasteiger partial charge on any atom is 0.191 e. The summed E-state index contributed by atoms with van der Waals surface area (Å²) in [7, 11) is 1.90. The van der Waals surface area contributed by atoms with Crippen LogP contribution in [-0.4, -0.2) is 51.5 Å². The van der Waals surface area contributed by atoms with E-state index in [4.69, 9.17) is 9.47 Å². The third kappa shape index (κ3) is 3.81. The molecule has 2 saturated heterocycles. The van der Waals surface area contributed by atoms with Crippen LogP contribution in [0.4, 0.5) is 0 Å². The predicted octanol–water partition coefficient (Wildman–Crippen LogP) is 2.93. The molecule has 4 rings (SSSR count). The highest BCUT2D eigenvalue weighted by Gasteiger charge is 2.65. The van der Waals surface area contributed by atoms with Gasteiger partial charge in [0.05, 0.1) is 6.10 Å². The van der Waals surface area contributed by atoms with Gasteiger partial charge in [0.2, 0.25) is 0 Å². The quantitative estimate of drug-likeness (QED) is 0.383. The largest absolute Gasteiger partial charge is 0.381 e. The topological polar surface area (TPSA) is 54.9 Å². The van der Waals surface area contributed by atoms with Crippen LogP contribution in [0.3, 0.4) is 0 Å². The molecule has 0 bridgehead atoms. The zero-order valence-electron chi connectivity index (χ0n) is 15.5. The predicted molar refractivity (Wildman–Crippen MR) is 111 cm³/mol. The molecule has 3 unspecified atom stereocenters. The monoisotopic (exact) mass is 463 g/mol. The van der Waals surface area contributed by atoms with Crippen molar-refractivity contribution in [1.82, 2.24) is 10.6 Å². The lowest BCUT2D eigenvalue weighted by Gasteiger charge is -2.57. The van der Waals surface area contributed by atoms with Crippen LogP contribution in [0.1, 0.15) is 51.4 Å². The number of fused-ring (bicyclic) bond motifs is 2. The molecule has 4 aliphatic rings. The summed E-state index contributed by atoms with van der Waals surface area (Å²) < 4.78 is 11.5. The normalized spacial score (nSPS) is 34.3. The van der Waals surface area contributed by atoms with Gasteiger partial charge < -0.3 is 20.1 Å². The Kier molecular flexibility index (Phi) is 6.88. The van der Waals surface area contributed by atoms with Crippen LogP contribution in [0.25, 0.3) is 0 Å². The molecule has 2 N–H and O–H groups in total. The number of nitrogens with one attached hydrogen (secondary N) is 2. The third-order valence-corrected chi connectivity index (χ3v) is 6.99. The second kappa shape index (κ2) is 8.74. The van der Waals surface area contributed by atoms with Crippen molar-refractivity contribution in [1.29, 1.82) is 0 Å². The van der Waals surface area contributed by atoms with E-state index in [2.05, 4.69) is 15.6 Å². The van der Waals surface area contributed by atoms with E-state index in [9.17, 15) is 0 Å². The molecular formula is C19H34IN3O2. The minimum Gasteiger partial charge on any atom is -0.381 e. The smallest absolute Gasteiger partial charge is 0.191 e. The number of hydrogen-bond acceptors (Lipinski definition) is 3. The maximum absolute atomic E-state index is 6.08. The molecule has 0 aromatic carbocycles. The summed E-state index contributed by atoms with van der Waals surface area (Å²) in [6.07, 6.45) is 10.7. The van der Waals surface area contributed by atoms with Crippen LogP contribution >= 0.6 is 24.0 Å². The third-order valence-electron chi connectivity index (χ3n) is 6.99. The van der Waals surface area contributed by atoms with Crippen molar-refractivity contribution in [2.45, 2.75) is 63.5 Å². The average Bonchev–Trinajstić information content (AvgIpc) is 3.27. The van der Waals surface area contributed by atoms with Crippen molar-refractivity contribution in [2.24, 2.45) is 22.2 Å². The van der Waals surface area contributed by atoms with E-state index in [1.54, 1.807) is 0 Å². The second-order valence-corrected chi connectivity index (χ2v) is 8.15. The summed E-state index contributed by atoms with van der Waals surface area (Å²) in [6, 6.07) is 0.557. The highest BCUT2D eigenvalue weighted by Crippen LogP contribution is 2.60. The van der Waals surface area contributed by atoms with Gasteiger partial charge in [-0.05, 0) is 44.4 Å². The van der Waals surface area contributed by atoms with Gasteiger partial charge >= 0.3 is 0 Å². The average molecular weight is 463 g/mol. The van der Waals surface area contributed by atoms with Crippen molar-refractivity contribution in [3.05, 3.63) is 0 Å². The van der Waals surface area contributed by atoms with Crippen LogP contribution in [0, 0.1) is 17.3 Å². The van der Waals surface area contributed by atoms with E-state index in [1.807, 2.05) is 7.05 Å². The Balaban J connectivity index is 0.00000182. The molecular weight excluding hydrogens is 429 g/mol. The van der Waals surface area contributed by atoms with Crippen LogP contribution < -0.4 is 10.6 Å². The van der Waals surface area contributed by atoms with E-state index in [1.165, 1.54) is 51.4 Å². The summed E-state index contributed by atoms with van der Waals surface area (Å²) in [6.45, 7) is 3.83. The van der Waals surface area contributed by atoms with Gasteiger partial charge in [-0.1, -0.05) is 12.8 Å². The van der Waals surface area contributed by atoms with Crippen molar-refractivity contribution in [2.75, 3.05) is 33.4 Å². The first-order valence-corrected chi connectivity index (χ1v) is 10.00. The molecule has 2 aliphatic carbocycles. The molecule has 0 amide bonds. The lowest BCUT2D eigenvalue weighted by molar-refractivity contribution is -0.125. The molecule has 6 heteroatoms.